The van der Waals surface area contributed by atoms with E-state index >= 15 is 0 Å². The molecule has 4 rings (SSSR count). The monoisotopic (exact) mass is 340 g/mol. The topological polar surface area (TPSA) is 56.7 Å². The van der Waals surface area contributed by atoms with Crippen molar-refractivity contribution in [1.29, 1.82) is 0 Å². The molecular weight excluding hydrogens is 332 g/mol. The Balaban J connectivity index is 1.97. The van der Waals surface area contributed by atoms with Crippen molar-refractivity contribution in [1.82, 2.24) is 14.8 Å². The fourth-order valence-electron chi connectivity index (χ4n) is 2.71. The summed E-state index contributed by atoms with van der Waals surface area (Å²) in [6, 6.07) is 2.33. The van der Waals surface area contributed by atoms with Gasteiger partial charge in [0.2, 0.25) is 0 Å². The van der Waals surface area contributed by atoms with Crippen LogP contribution in [0.5, 0.6) is 0 Å². The van der Waals surface area contributed by atoms with Gasteiger partial charge in [0, 0.05) is 18.1 Å². The first-order valence-electron chi connectivity index (χ1n) is 6.54. The van der Waals surface area contributed by atoms with Gasteiger partial charge in [-0.05, 0) is 12.1 Å². The Morgan fingerprint density at radius 3 is 2.78 bits per heavy atom. The van der Waals surface area contributed by atoms with Gasteiger partial charge in [-0.25, -0.2) is 14.1 Å². The summed E-state index contributed by atoms with van der Waals surface area (Å²) in [5.74, 6) is -0.765. The van der Waals surface area contributed by atoms with E-state index in [0.717, 1.165) is 28.4 Å². The molecule has 1 aromatic carbocycles. The van der Waals surface area contributed by atoms with E-state index in [1.54, 1.807) is 0 Å². The number of thiazole rings is 1. The van der Waals surface area contributed by atoms with Gasteiger partial charge in [-0.15, -0.1) is 0 Å². The number of hydrogen-bond acceptors (Lipinski definition) is 4. The Kier molecular flexibility index (Phi) is 2.80. The molecule has 1 aliphatic carbocycles. The van der Waals surface area contributed by atoms with E-state index in [1.807, 2.05) is 0 Å². The molecule has 0 bridgehead atoms. The van der Waals surface area contributed by atoms with Crippen LogP contribution in [-0.2, 0) is 12.6 Å². The van der Waals surface area contributed by atoms with Gasteiger partial charge in [0.25, 0.3) is 0 Å². The predicted octanol–water partition coefficient (Wildman–Crippen LogP) is 3.64. The Morgan fingerprint density at radius 1 is 1.26 bits per heavy atom. The third kappa shape index (κ3) is 2.11. The van der Waals surface area contributed by atoms with Gasteiger partial charge in [-0.2, -0.15) is 18.3 Å². The molecule has 3 aromatic rings. The van der Waals surface area contributed by atoms with Gasteiger partial charge in [-0.1, -0.05) is 11.3 Å². The molecule has 118 valence electrons. The average molecular weight is 340 g/mol. The average Bonchev–Trinajstić information content (AvgIpc) is 3.07. The van der Waals surface area contributed by atoms with Crippen molar-refractivity contribution in [2.75, 3.05) is 5.73 Å². The number of benzene rings is 1. The summed E-state index contributed by atoms with van der Waals surface area (Å²) in [5, 5.41) is 4.36. The van der Waals surface area contributed by atoms with Crippen molar-refractivity contribution in [2.45, 2.75) is 12.6 Å². The van der Waals surface area contributed by atoms with Crippen LogP contribution >= 0.6 is 11.3 Å². The third-order valence-corrected chi connectivity index (χ3v) is 4.56. The molecule has 0 amide bonds. The number of nitrogens with two attached hydrogens (primary N) is 1. The largest absolute Gasteiger partial charge is 0.418 e. The highest BCUT2D eigenvalue weighted by atomic mass is 32.1. The number of aromatic nitrogens is 3. The van der Waals surface area contributed by atoms with E-state index in [9.17, 15) is 17.6 Å². The fourth-order valence-corrected chi connectivity index (χ4v) is 3.63. The third-order valence-electron chi connectivity index (χ3n) is 3.63. The first-order chi connectivity index (χ1) is 10.8. The first-order valence-corrected chi connectivity index (χ1v) is 7.36. The highest BCUT2D eigenvalue weighted by molar-refractivity contribution is 7.19. The Morgan fingerprint density at radius 2 is 2.04 bits per heavy atom. The second kappa shape index (κ2) is 4.54. The molecule has 0 radical (unpaired) electrons. The number of halogens is 4. The lowest BCUT2D eigenvalue weighted by Crippen LogP contribution is -2.12. The normalized spacial score (nSPS) is 13.2. The standard InChI is InChI=1S/C14H8F4N4S/c15-7-1-2-8(14(16,17)18)10(4-7)22-11-6(5-20-22)3-9-12(11)23-13(19)21-9/h1-2,4-5H,3H2,(H2,19,21). The molecule has 1 aliphatic rings. The zero-order chi connectivity index (χ0) is 16.4. The molecule has 0 saturated carbocycles. The lowest BCUT2D eigenvalue weighted by Gasteiger charge is -2.14. The van der Waals surface area contributed by atoms with Crippen LogP contribution in [0.3, 0.4) is 0 Å². The molecule has 2 N–H and O–H groups in total. The minimum absolute atomic E-state index is 0.337. The molecule has 0 aliphatic heterocycles. The van der Waals surface area contributed by atoms with Gasteiger partial charge in [0.05, 0.1) is 33.7 Å². The number of fused-ring (bicyclic) bond motifs is 3. The fraction of sp³-hybridized carbons (Fsp3) is 0.143. The molecule has 0 fully saturated rings. The molecule has 0 saturated heterocycles. The number of anilines is 1. The van der Waals surface area contributed by atoms with Crippen molar-refractivity contribution in [3.63, 3.8) is 0 Å². The highest BCUT2D eigenvalue weighted by Gasteiger charge is 2.36. The van der Waals surface area contributed by atoms with E-state index in [0.29, 0.717) is 27.8 Å². The van der Waals surface area contributed by atoms with Crippen LogP contribution in [0.25, 0.3) is 16.3 Å². The molecule has 0 unspecified atom stereocenters. The summed E-state index contributed by atoms with van der Waals surface area (Å²) in [5.41, 5.74) is 6.31. The quantitative estimate of drug-likeness (QED) is 0.538. The number of hydrogen-bond donors (Lipinski definition) is 1. The summed E-state index contributed by atoms with van der Waals surface area (Å²) in [4.78, 5) is 4.83. The molecule has 2 aromatic heterocycles. The zero-order valence-electron chi connectivity index (χ0n) is 11.4. The molecule has 0 spiro atoms. The van der Waals surface area contributed by atoms with Gasteiger partial charge in [-0.3, -0.25) is 0 Å². The Hall–Kier alpha value is -2.42. The Bertz CT molecular complexity index is 925. The summed E-state index contributed by atoms with van der Waals surface area (Å²) in [6.07, 6.45) is -2.68. The number of nitrogen functional groups attached to an aromatic ring is 1. The van der Waals surface area contributed by atoms with E-state index in [-0.39, 0.29) is 5.69 Å². The lowest BCUT2D eigenvalue weighted by atomic mass is 10.1. The van der Waals surface area contributed by atoms with Crippen LogP contribution in [0, 0.1) is 5.82 Å². The maximum Gasteiger partial charge on any atom is 0.418 e. The van der Waals surface area contributed by atoms with Crippen molar-refractivity contribution in [2.24, 2.45) is 0 Å². The smallest absolute Gasteiger partial charge is 0.375 e. The summed E-state index contributed by atoms with van der Waals surface area (Å²) >= 11 is 1.18. The molecule has 9 heteroatoms. The maximum absolute atomic E-state index is 13.5. The van der Waals surface area contributed by atoms with Crippen molar-refractivity contribution < 1.29 is 17.6 Å². The Labute approximate surface area is 131 Å². The molecule has 23 heavy (non-hydrogen) atoms. The van der Waals surface area contributed by atoms with Crippen LogP contribution < -0.4 is 5.73 Å². The van der Waals surface area contributed by atoms with Gasteiger partial charge >= 0.3 is 6.18 Å². The summed E-state index contributed by atoms with van der Waals surface area (Å²) in [7, 11) is 0. The minimum Gasteiger partial charge on any atom is -0.375 e. The van der Waals surface area contributed by atoms with Crippen molar-refractivity contribution >= 4 is 16.5 Å². The molecule has 0 atom stereocenters. The number of nitrogens with zero attached hydrogens (tertiary/aromatic N) is 3. The maximum atomic E-state index is 13.5. The van der Waals surface area contributed by atoms with Gasteiger partial charge < -0.3 is 5.73 Å². The number of rotatable bonds is 1. The summed E-state index contributed by atoms with van der Waals surface area (Å²) in [6.45, 7) is 0. The summed E-state index contributed by atoms with van der Waals surface area (Å²) < 4.78 is 54.3. The minimum atomic E-state index is -4.62. The number of alkyl halides is 3. The van der Waals surface area contributed by atoms with Crippen LogP contribution in [0.15, 0.2) is 24.4 Å². The van der Waals surface area contributed by atoms with Crippen LogP contribution in [0.2, 0.25) is 0 Å². The SMILES string of the molecule is Nc1nc2c(s1)-c1c(cnn1-c1cc(F)ccc1C(F)(F)F)C2. The van der Waals surface area contributed by atoms with Crippen LogP contribution in [0.4, 0.5) is 22.7 Å². The zero-order valence-corrected chi connectivity index (χ0v) is 12.2. The molecule has 4 nitrogen and oxygen atoms in total. The van der Waals surface area contributed by atoms with Crippen LogP contribution in [0.1, 0.15) is 16.8 Å². The highest BCUT2D eigenvalue weighted by Crippen LogP contribution is 2.43. The van der Waals surface area contributed by atoms with E-state index in [1.165, 1.54) is 17.5 Å². The second-order valence-electron chi connectivity index (χ2n) is 5.09. The van der Waals surface area contributed by atoms with Crippen molar-refractivity contribution in [3.8, 4) is 16.3 Å². The second-order valence-corrected chi connectivity index (χ2v) is 6.12. The van der Waals surface area contributed by atoms with Gasteiger partial charge in [0.15, 0.2) is 5.13 Å². The predicted molar refractivity (Wildman–Crippen MR) is 76.9 cm³/mol. The van der Waals surface area contributed by atoms with E-state index < -0.39 is 17.6 Å². The van der Waals surface area contributed by atoms with Gasteiger partial charge in [0.1, 0.15) is 5.82 Å². The molecule has 2 heterocycles. The van der Waals surface area contributed by atoms with Crippen LogP contribution in [-0.4, -0.2) is 14.8 Å². The van der Waals surface area contributed by atoms with E-state index in [2.05, 4.69) is 10.1 Å². The van der Waals surface area contributed by atoms with Crippen molar-refractivity contribution in [3.05, 3.63) is 47.0 Å². The molecular formula is C14H8F4N4S. The first kappa shape index (κ1) is 14.2. The lowest BCUT2D eigenvalue weighted by molar-refractivity contribution is -0.137. The van der Waals surface area contributed by atoms with E-state index in [4.69, 9.17) is 5.73 Å².